The molecule has 2 nitrogen and oxygen atoms in total. The highest BCUT2D eigenvalue weighted by molar-refractivity contribution is 7.17. The van der Waals surface area contributed by atoms with Crippen LogP contribution in [0.3, 0.4) is 0 Å². The number of thiophene rings is 1. The second kappa shape index (κ2) is 5.11. The van der Waals surface area contributed by atoms with Crippen LogP contribution in [-0.2, 0) is 6.61 Å². The van der Waals surface area contributed by atoms with Crippen LogP contribution in [0.25, 0.3) is 10.1 Å². The first-order chi connectivity index (χ1) is 9.25. The lowest BCUT2D eigenvalue weighted by Crippen LogP contribution is -1.94. The van der Waals surface area contributed by atoms with Crippen LogP contribution in [0.4, 0.5) is 0 Å². The van der Waals surface area contributed by atoms with Crippen LogP contribution in [0.2, 0.25) is 5.02 Å². The minimum absolute atomic E-state index is 0.312. The summed E-state index contributed by atoms with van der Waals surface area (Å²) in [6.45, 7) is 0.438. The molecule has 0 fully saturated rings. The molecule has 0 aliphatic rings. The zero-order valence-electron chi connectivity index (χ0n) is 9.97. The molecule has 3 rings (SSSR count). The second-order valence-corrected chi connectivity index (χ2v) is 5.42. The van der Waals surface area contributed by atoms with Gasteiger partial charge in [-0.1, -0.05) is 35.9 Å². The van der Waals surface area contributed by atoms with E-state index < -0.39 is 0 Å². The van der Waals surface area contributed by atoms with Gasteiger partial charge < -0.3 is 9.84 Å². The summed E-state index contributed by atoms with van der Waals surface area (Å²) < 4.78 is 6.61. The van der Waals surface area contributed by atoms with Gasteiger partial charge in [-0.05, 0) is 23.6 Å². The van der Waals surface area contributed by atoms with Crippen molar-refractivity contribution in [2.24, 2.45) is 0 Å². The van der Waals surface area contributed by atoms with Crippen molar-refractivity contribution in [3.8, 4) is 11.5 Å². The third kappa shape index (κ3) is 2.39. The van der Waals surface area contributed by atoms with Crippen molar-refractivity contribution < 1.29 is 9.84 Å². The van der Waals surface area contributed by atoms with Gasteiger partial charge in [-0.25, -0.2) is 0 Å². The SMILES string of the molecule is Oc1cccc2c(COc3ccccc3Cl)csc12. The Hall–Kier alpha value is -1.71. The Morgan fingerprint density at radius 1 is 1.11 bits per heavy atom. The number of para-hydroxylation sites is 1. The molecule has 0 atom stereocenters. The topological polar surface area (TPSA) is 29.5 Å². The van der Waals surface area contributed by atoms with E-state index in [2.05, 4.69) is 0 Å². The molecule has 4 heteroatoms. The molecular weight excluding hydrogens is 280 g/mol. The number of hydrogen-bond donors (Lipinski definition) is 1. The number of phenolic OH excluding ortho intramolecular Hbond substituents is 1. The van der Waals surface area contributed by atoms with Gasteiger partial charge >= 0.3 is 0 Å². The Balaban J connectivity index is 1.87. The number of ether oxygens (including phenoxy) is 1. The summed E-state index contributed by atoms with van der Waals surface area (Å²) in [7, 11) is 0. The van der Waals surface area contributed by atoms with Crippen molar-refractivity contribution in [1.29, 1.82) is 0 Å². The molecule has 0 bridgehead atoms. The second-order valence-electron chi connectivity index (χ2n) is 4.13. The fraction of sp³-hybridized carbons (Fsp3) is 0.0667. The summed E-state index contributed by atoms with van der Waals surface area (Å²) in [6, 6.07) is 12.9. The van der Waals surface area contributed by atoms with Gasteiger partial charge in [0, 0.05) is 10.9 Å². The largest absolute Gasteiger partial charge is 0.506 e. The normalized spacial score (nSPS) is 10.8. The van der Waals surface area contributed by atoms with Crippen LogP contribution in [0.5, 0.6) is 11.5 Å². The van der Waals surface area contributed by atoms with Gasteiger partial charge in [0.2, 0.25) is 0 Å². The average Bonchev–Trinajstić information content (AvgIpc) is 2.83. The molecule has 0 spiro atoms. The zero-order chi connectivity index (χ0) is 13.2. The van der Waals surface area contributed by atoms with Crippen LogP contribution < -0.4 is 4.74 Å². The summed E-state index contributed by atoms with van der Waals surface area (Å²) in [5.41, 5.74) is 1.05. The van der Waals surface area contributed by atoms with Gasteiger partial charge in [0.1, 0.15) is 18.1 Å². The lowest BCUT2D eigenvalue weighted by atomic mass is 10.2. The minimum atomic E-state index is 0.312. The Labute approximate surface area is 119 Å². The van der Waals surface area contributed by atoms with Gasteiger partial charge in [0.25, 0.3) is 0 Å². The van der Waals surface area contributed by atoms with Gasteiger partial charge in [-0.2, -0.15) is 0 Å². The maximum absolute atomic E-state index is 9.76. The van der Waals surface area contributed by atoms with Crippen LogP contribution in [0, 0.1) is 0 Å². The maximum Gasteiger partial charge on any atom is 0.138 e. The first-order valence-electron chi connectivity index (χ1n) is 5.81. The summed E-state index contributed by atoms with van der Waals surface area (Å²) in [5.74, 6) is 0.982. The summed E-state index contributed by atoms with van der Waals surface area (Å²) >= 11 is 7.56. The molecule has 0 radical (unpaired) electrons. The van der Waals surface area contributed by atoms with E-state index in [-0.39, 0.29) is 0 Å². The highest BCUT2D eigenvalue weighted by atomic mass is 35.5. The number of benzene rings is 2. The molecule has 1 heterocycles. The first kappa shape index (κ1) is 12.3. The molecule has 0 saturated heterocycles. The molecule has 96 valence electrons. The predicted molar refractivity (Wildman–Crippen MR) is 79.3 cm³/mol. The molecule has 3 aromatic rings. The summed E-state index contributed by atoms with van der Waals surface area (Å²) in [4.78, 5) is 0. The van der Waals surface area contributed by atoms with E-state index in [1.165, 1.54) is 11.3 Å². The zero-order valence-corrected chi connectivity index (χ0v) is 11.5. The molecule has 0 unspecified atom stereocenters. The highest BCUT2D eigenvalue weighted by Gasteiger charge is 2.08. The van der Waals surface area contributed by atoms with Crippen molar-refractivity contribution in [2.45, 2.75) is 6.61 Å². The van der Waals surface area contributed by atoms with Gasteiger partial charge in [-0.3, -0.25) is 0 Å². The van der Waals surface area contributed by atoms with Crippen LogP contribution >= 0.6 is 22.9 Å². The lowest BCUT2D eigenvalue weighted by molar-refractivity contribution is 0.308. The maximum atomic E-state index is 9.76. The van der Waals surface area contributed by atoms with Gasteiger partial charge in [-0.15, -0.1) is 11.3 Å². The van der Waals surface area contributed by atoms with Gasteiger partial charge in [0.15, 0.2) is 0 Å². The van der Waals surface area contributed by atoms with Crippen LogP contribution in [-0.4, -0.2) is 5.11 Å². The number of hydrogen-bond acceptors (Lipinski definition) is 3. The summed E-state index contributed by atoms with van der Waals surface area (Å²) in [6.07, 6.45) is 0. The first-order valence-corrected chi connectivity index (χ1v) is 7.07. The molecule has 0 saturated carbocycles. The van der Waals surface area contributed by atoms with E-state index >= 15 is 0 Å². The Kier molecular flexibility index (Phi) is 3.32. The Morgan fingerprint density at radius 3 is 2.79 bits per heavy atom. The number of phenols is 1. The van der Waals surface area contributed by atoms with Crippen molar-refractivity contribution in [2.75, 3.05) is 0 Å². The van der Waals surface area contributed by atoms with E-state index in [4.69, 9.17) is 16.3 Å². The van der Waals surface area contributed by atoms with Gasteiger partial charge in [0.05, 0.1) is 9.72 Å². The quantitative estimate of drug-likeness (QED) is 0.748. The monoisotopic (exact) mass is 290 g/mol. The highest BCUT2D eigenvalue weighted by Crippen LogP contribution is 2.34. The molecule has 2 aromatic carbocycles. The smallest absolute Gasteiger partial charge is 0.138 e. The van der Waals surface area contributed by atoms with E-state index in [0.717, 1.165) is 15.6 Å². The third-order valence-corrected chi connectivity index (χ3v) is 4.26. The standard InChI is InChI=1S/C15H11ClO2S/c16-12-5-1-2-7-14(12)18-8-10-9-19-15-11(10)4-3-6-13(15)17/h1-7,9,17H,8H2. The fourth-order valence-electron chi connectivity index (χ4n) is 1.92. The molecule has 19 heavy (non-hydrogen) atoms. The van der Waals surface area contributed by atoms with Crippen LogP contribution in [0.15, 0.2) is 47.8 Å². The molecule has 0 aliphatic heterocycles. The van der Waals surface area contributed by atoms with E-state index in [9.17, 15) is 5.11 Å². The van der Waals surface area contributed by atoms with E-state index in [0.29, 0.717) is 23.1 Å². The van der Waals surface area contributed by atoms with E-state index in [1.54, 1.807) is 12.1 Å². The number of rotatable bonds is 3. The molecule has 1 aromatic heterocycles. The molecule has 0 aliphatic carbocycles. The molecule has 1 N–H and O–H groups in total. The van der Waals surface area contributed by atoms with Crippen molar-refractivity contribution >= 4 is 33.0 Å². The molecule has 0 amide bonds. The minimum Gasteiger partial charge on any atom is -0.506 e. The van der Waals surface area contributed by atoms with Crippen LogP contribution in [0.1, 0.15) is 5.56 Å². The number of fused-ring (bicyclic) bond motifs is 1. The Morgan fingerprint density at radius 2 is 1.95 bits per heavy atom. The van der Waals surface area contributed by atoms with Crippen molar-refractivity contribution in [1.82, 2.24) is 0 Å². The predicted octanol–water partition coefficient (Wildman–Crippen LogP) is 4.84. The number of halogens is 1. The Bertz CT molecular complexity index is 721. The van der Waals surface area contributed by atoms with Crippen molar-refractivity contribution in [3.05, 3.63) is 58.4 Å². The number of aromatic hydroxyl groups is 1. The summed E-state index contributed by atoms with van der Waals surface area (Å²) in [5, 5.41) is 13.4. The van der Waals surface area contributed by atoms with Crippen molar-refractivity contribution in [3.63, 3.8) is 0 Å². The molecular formula is C15H11ClO2S. The lowest BCUT2D eigenvalue weighted by Gasteiger charge is -2.07. The van der Waals surface area contributed by atoms with E-state index in [1.807, 2.05) is 35.7 Å². The fourth-order valence-corrected chi connectivity index (χ4v) is 3.08. The third-order valence-electron chi connectivity index (χ3n) is 2.88. The average molecular weight is 291 g/mol.